The van der Waals surface area contributed by atoms with Crippen molar-refractivity contribution in [3.8, 4) is 0 Å². The molecule has 1 N–H and O–H groups in total. The lowest BCUT2D eigenvalue weighted by Crippen LogP contribution is -2.50. The number of nitrogens with zero attached hydrogens (tertiary/aromatic N) is 1. The first-order valence-corrected chi connectivity index (χ1v) is 9.49. The summed E-state index contributed by atoms with van der Waals surface area (Å²) >= 11 is 0. The molecule has 0 spiro atoms. The number of rotatable bonds is 4. The van der Waals surface area contributed by atoms with Crippen molar-refractivity contribution in [1.29, 1.82) is 0 Å². The Morgan fingerprint density at radius 3 is 2.33 bits per heavy atom. The van der Waals surface area contributed by atoms with Gasteiger partial charge < -0.3 is 5.32 Å². The highest BCUT2D eigenvalue weighted by Crippen LogP contribution is 2.36. The van der Waals surface area contributed by atoms with E-state index in [-0.39, 0.29) is 0 Å². The molecule has 2 rings (SSSR count). The van der Waals surface area contributed by atoms with Gasteiger partial charge >= 0.3 is 0 Å². The van der Waals surface area contributed by atoms with Crippen LogP contribution in [-0.2, 0) is 0 Å². The molecular formula is C19H38N2. The first-order chi connectivity index (χ1) is 10.0. The minimum Gasteiger partial charge on any atom is -0.312 e. The molecule has 3 atom stereocenters. The minimum atomic E-state index is 0.475. The molecule has 0 radical (unpaired) electrons. The van der Waals surface area contributed by atoms with Gasteiger partial charge in [-0.05, 0) is 50.1 Å². The number of likely N-dealkylation sites (tertiary alicyclic amines) is 1. The fourth-order valence-electron chi connectivity index (χ4n) is 4.27. The highest BCUT2D eigenvalue weighted by molar-refractivity contribution is 4.92. The van der Waals surface area contributed by atoms with E-state index < -0.39 is 0 Å². The van der Waals surface area contributed by atoms with Crippen molar-refractivity contribution in [3.05, 3.63) is 0 Å². The summed E-state index contributed by atoms with van der Waals surface area (Å²) in [6.07, 6.45) is 11.2. The third-order valence-electron chi connectivity index (χ3n) is 5.80. The van der Waals surface area contributed by atoms with Crippen LogP contribution in [0.2, 0.25) is 0 Å². The fraction of sp³-hybridized carbons (Fsp3) is 1.00. The molecule has 1 heterocycles. The molecule has 1 saturated carbocycles. The Morgan fingerprint density at radius 1 is 1.00 bits per heavy atom. The molecule has 124 valence electrons. The smallest absolute Gasteiger partial charge is 0.0249 e. The number of hydrogen-bond acceptors (Lipinski definition) is 2. The van der Waals surface area contributed by atoms with Crippen LogP contribution in [-0.4, -0.2) is 36.6 Å². The Labute approximate surface area is 133 Å². The van der Waals surface area contributed by atoms with E-state index in [0.29, 0.717) is 5.41 Å². The predicted octanol–water partition coefficient (Wildman–Crippen LogP) is 4.45. The average molecular weight is 295 g/mol. The molecule has 1 saturated heterocycles. The van der Waals surface area contributed by atoms with Crippen molar-refractivity contribution in [2.45, 2.75) is 91.1 Å². The molecule has 0 aromatic carbocycles. The number of hydrogen-bond donors (Lipinski definition) is 1. The van der Waals surface area contributed by atoms with Crippen molar-refractivity contribution >= 4 is 0 Å². The van der Waals surface area contributed by atoms with Gasteiger partial charge in [0.25, 0.3) is 0 Å². The van der Waals surface area contributed by atoms with Gasteiger partial charge in [-0.1, -0.05) is 53.4 Å². The molecule has 21 heavy (non-hydrogen) atoms. The predicted molar refractivity (Wildman–Crippen MR) is 92.7 cm³/mol. The van der Waals surface area contributed by atoms with Gasteiger partial charge in [-0.3, -0.25) is 4.90 Å². The quantitative estimate of drug-likeness (QED) is 0.824. The maximum absolute atomic E-state index is 3.88. The molecule has 2 aliphatic rings. The van der Waals surface area contributed by atoms with Crippen LogP contribution in [0.25, 0.3) is 0 Å². The van der Waals surface area contributed by atoms with Gasteiger partial charge in [0.05, 0.1) is 0 Å². The second kappa shape index (κ2) is 7.97. The first-order valence-electron chi connectivity index (χ1n) is 9.49. The Hall–Kier alpha value is -0.0800. The van der Waals surface area contributed by atoms with Gasteiger partial charge in [-0.15, -0.1) is 0 Å². The van der Waals surface area contributed by atoms with Crippen LogP contribution in [0.5, 0.6) is 0 Å². The zero-order valence-electron chi connectivity index (χ0n) is 15.0. The highest BCUT2D eigenvalue weighted by atomic mass is 15.2. The molecule has 0 amide bonds. The van der Waals surface area contributed by atoms with E-state index in [1.165, 1.54) is 71.0 Å². The van der Waals surface area contributed by atoms with Crippen LogP contribution >= 0.6 is 0 Å². The van der Waals surface area contributed by atoms with Gasteiger partial charge in [0.15, 0.2) is 0 Å². The van der Waals surface area contributed by atoms with E-state index in [1.54, 1.807) is 0 Å². The standard InChI is InChI=1S/C19H38N2/c1-5-13-20-17-10-8-6-7-9-11-18(17)21-14-12-16(15-21)19(2,3)4/h16-18,20H,5-15H2,1-4H3. The Morgan fingerprint density at radius 2 is 1.71 bits per heavy atom. The van der Waals surface area contributed by atoms with Crippen LogP contribution < -0.4 is 5.32 Å². The first kappa shape index (κ1) is 17.3. The maximum atomic E-state index is 3.88. The molecule has 1 aliphatic heterocycles. The Kier molecular flexibility index (Phi) is 6.55. The van der Waals surface area contributed by atoms with Crippen LogP contribution in [0, 0.1) is 11.3 Å². The molecule has 0 aromatic heterocycles. The van der Waals surface area contributed by atoms with Gasteiger partial charge in [0.2, 0.25) is 0 Å². The van der Waals surface area contributed by atoms with Crippen LogP contribution in [0.1, 0.15) is 79.1 Å². The van der Waals surface area contributed by atoms with Crippen molar-refractivity contribution in [2.75, 3.05) is 19.6 Å². The third-order valence-corrected chi connectivity index (χ3v) is 5.80. The monoisotopic (exact) mass is 294 g/mol. The van der Waals surface area contributed by atoms with Crippen molar-refractivity contribution in [2.24, 2.45) is 11.3 Å². The number of nitrogens with one attached hydrogen (secondary N) is 1. The summed E-state index contributed by atoms with van der Waals surface area (Å²) in [6.45, 7) is 13.4. The molecule has 3 unspecified atom stereocenters. The van der Waals surface area contributed by atoms with Crippen molar-refractivity contribution < 1.29 is 0 Å². The highest BCUT2D eigenvalue weighted by Gasteiger charge is 2.37. The Bertz CT molecular complexity index is 292. The van der Waals surface area contributed by atoms with Crippen LogP contribution in [0.3, 0.4) is 0 Å². The van der Waals surface area contributed by atoms with E-state index in [0.717, 1.165) is 18.0 Å². The van der Waals surface area contributed by atoms with Gasteiger partial charge in [-0.2, -0.15) is 0 Å². The summed E-state index contributed by atoms with van der Waals surface area (Å²) in [4.78, 5) is 2.84. The molecular weight excluding hydrogens is 256 g/mol. The molecule has 2 fully saturated rings. The second-order valence-corrected chi connectivity index (χ2v) is 8.47. The van der Waals surface area contributed by atoms with E-state index >= 15 is 0 Å². The van der Waals surface area contributed by atoms with Gasteiger partial charge in [0, 0.05) is 18.6 Å². The summed E-state index contributed by atoms with van der Waals surface area (Å²) in [6, 6.07) is 1.54. The van der Waals surface area contributed by atoms with Crippen molar-refractivity contribution in [3.63, 3.8) is 0 Å². The van der Waals surface area contributed by atoms with E-state index in [1.807, 2.05) is 0 Å². The summed E-state index contributed by atoms with van der Waals surface area (Å²) in [7, 11) is 0. The molecule has 1 aliphatic carbocycles. The molecule has 0 aromatic rings. The molecule has 2 nitrogen and oxygen atoms in total. The minimum absolute atomic E-state index is 0.475. The lowest BCUT2D eigenvalue weighted by Gasteiger charge is -2.37. The normalized spacial score (nSPS) is 32.9. The van der Waals surface area contributed by atoms with E-state index in [9.17, 15) is 0 Å². The molecule has 2 heteroatoms. The lowest BCUT2D eigenvalue weighted by molar-refractivity contribution is 0.142. The second-order valence-electron chi connectivity index (χ2n) is 8.47. The topological polar surface area (TPSA) is 15.3 Å². The van der Waals surface area contributed by atoms with Gasteiger partial charge in [0.1, 0.15) is 0 Å². The van der Waals surface area contributed by atoms with Crippen molar-refractivity contribution in [1.82, 2.24) is 10.2 Å². The molecule has 0 bridgehead atoms. The summed E-state index contributed by atoms with van der Waals surface area (Å²) in [5.41, 5.74) is 0.475. The zero-order chi connectivity index (χ0) is 15.3. The largest absolute Gasteiger partial charge is 0.312 e. The van der Waals surface area contributed by atoms with E-state index in [2.05, 4.69) is 37.9 Å². The third kappa shape index (κ3) is 4.96. The van der Waals surface area contributed by atoms with E-state index in [4.69, 9.17) is 0 Å². The fourth-order valence-corrected chi connectivity index (χ4v) is 4.27. The summed E-state index contributed by atoms with van der Waals surface area (Å²) in [5.74, 6) is 0.884. The maximum Gasteiger partial charge on any atom is 0.0249 e. The Balaban J connectivity index is 1.98. The average Bonchev–Trinajstić information content (AvgIpc) is 2.87. The summed E-state index contributed by atoms with van der Waals surface area (Å²) in [5, 5.41) is 3.88. The lowest BCUT2D eigenvalue weighted by atomic mass is 9.80. The van der Waals surface area contributed by atoms with Gasteiger partial charge in [-0.25, -0.2) is 0 Å². The SMILES string of the molecule is CCCNC1CCCCCCC1N1CCC(C(C)(C)C)C1. The summed E-state index contributed by atoms with van der Waals surface area (Å²) < 4.78 is 0. The van der Waals surface area contributed by atoms with Crippen LogP contribution in [0.15, 0.2) is 0 Å². The zero-order valence-corrected chi connectivity index (χ0v) is 15.0. The van der Waals surface area contributed by atoms with Crippen LogP contribution in [0.4, 0.5) is 0 Å².